The molecular formula is C17H15ClN4O2. The summed E-state index contributed by atoms with van der Waals surface area (Å²) in [6.07, 6.45) is 3.95. The summed E-state index contributed by atoms with van der Waals surface area (Å²) in [5, 5.41) is 7.39. The number of rotatable bonds is 5. The van der Waals surface area contributed by atoms with E-state index in [2.05, 4.69) is 20.4 Å². The van der Waals surface area contributed by atoms with E-state index in [-0.39, 0.29) is 12.3 Å². The highest BCUT2D eigenvalue weighted by molar-refractivity contribution is 6.30. The summed E-state index contributed by atoms with van der Waals surface area (Å²) in [6, 6.07) is 8.96. The van der Waals surface area contributed by atoms with Gasteiger partial charge in [-0.15, -0.1) is 0 Å². The molecule has 122 valence electrons. The monoisotopic (exact) mass is 342 g/mol. The van der Waals surface area contributed by atoms with E-state index in [9.17, 15) is 4.79 Å². The van der Waals surface area contributed by atoms with E-state index in [0.29, 0.717) is 23.2 Å². The van der Waals surface area contributed by atoms with E-state index in [1.807, 2.05) is 13.0 Å². The molecule has 1 N–H and O–H groups in total. The number of carbonyl (C=O) groups excluding carboxylic acids is 1. The van der Waals surface area contributed by atoms with Gasteiger partial charge in [0.2, 0.25) is 17.6 Å². The molecule has 2 aromatic heterocycles. The standard InChI is InChI=1S/C17H15ClN4O2/c1-11-9-13(18)4-5-14(11)20-15(23)6-7-16-21-17(22-24-16)12-3-2-8-19-10-12/h2-5,8-10H,6-7H2,1H3,(H,20,23). The Morgan fingerprint density at radius 3 is 2.96 bits per heavy atom. The average Bonchev–Trinajstić information content (AvgIpc) is 3.05. The van der Waals surface area contributed by atoms with Gasteiger partial charge in [-0.05, 0) is 42.8 Å². The Bertz CT molecular complexity index is 849. The average molecular weight is 343 g/mol. The normalized spacial score (nSPS) is 10.6. The van der Waals surface area contributed by atoms with Crippen LogP contribution in [0.2, 0.25) is 5.02 Å². The van der Waals surface area contributed by atoms with Crippen LogP contribution in [0.25, 0.3) is 11.4 Å². The number of halogens is 1. The molecule has 0 spiro atoms. The number of benzene rings is 1. The molecule has 0 saturated carbocycles. The number of anilines is 1. The van der Waals surface area contributed by atoms with Crippen molar-refractivity contribution >= 4 is 23.2 Å². The molecule has 0 aliphatic rings. The Morgan fingerprint density at radius 1 is 1.33 bits per heavy atom. The number of hydrogen-bond donors (Lipinski definition) is 1. The summed E-state index contributed by atoms with van der Waals surface area (Å²) in [7, 11) is 0. The Kier molecular flexibility index (Phi) is 4.86. The lowest BCUT2D eigenvalue weighted by molar-refractivity contribution is -0.116. The predicted octanol–water partition coefficient (Wildman–Crippen LogP) is 3.66. The van der Waals surface area contributed by atoms with Gasteiger partial charge in [0.1, 0.15) is 0 Å². The molecule has 0 atom stereocenters. The summed E-state index contributed by atoms with van der Waals surface area (Å²) in [5.74, 6) is 0.755. The van der Waals surface area contributed by atoms with Crippen LogP contribution in [0, 0.1) is 6.92 Å². The number of carbonyl (C=O) groups is 1. The van der Waals surface area contributed by atoms with Gasteiger partial charge in [0.15, 0.2) is 0 Å². The van der Waals surface area contributed by atoms with Crippen molar-refractivity contribution < 1.29 is 9.32 Å². The Labute approximate surface area is 143 Å². The van der Waals surface area contributed by atoms with Crippen LogP contribution >= 0.6 is 11.6 Å². The maximum absolute atomic E-state index is 12.1. The van der Waals surface area contributed by atoms with E-state index in [1.54, 1.807) is 36.7 Å². The van der Waals surface area contributed by atoms with Crippen LogP contribution in [0.3, 0.4) is 0 Å². The van der Waals surface area contributed by atoms with E-state index in [4.69, 9.17) is 16.1 Å². The van der Waals surface area contributed by atoms with Crippen LogP contribution in [0.5, 0.6) is 0 Å². The minimum atomic E-state index is -0.124. The summed E-state index contributed by atoms with van der Waals surface area (Å²) in [4.78, 5) is 20.3. The summed E-state index contributed by atoms with van der Waals surface area (Å²) in [6.45, 7) is 1.89. The second-order valence-corrected chi connectivity index (χ2v) is 5.70. The van der Waals surface area contributed by atoms with Gasteiger partial charge in [0, 0.05) is 41.5 Å². The summed E-state index contributed by atoms with van der Waals surface area (Å²) >= 11 is 5.90. The molecule has 6 nitrogen and oxygen atoms in total. The molecule has 7 heteroatoms. The van der Waals surface area contributed by atoms with Crippen LogP contribution < -0.4 is 5.32 Å². The number of pyridine rings is 1. The number of aromatic nitrogens is 3. The molecule has 3 rings (SSSR count). The zero-order valence-electron chi connectivity index (χ0n) is 13.0. The van der Waals surface area contributed by atoms with Gasteiger partial charge >= 0.3 is 0 Å². The third-order valence-corrected chi connectivity index (χ3v) is 3.65. The molecule has 1 aromatic carbocycles. The van der Waals surface area contributed by atoms with Gasteiger partial charge < -0.3 is 9.84 Å². The van der Waals surface area contributed by atoms with Gasteiger partial charge in [-0.25, -0.2) is 0 Å². The lowest BCUT2D eigenvalue weighted by atomic mass is 10.2. The molecular weight excluding hydrogens is 328 g/mol. The second-order valence-electron chi connectivity index (χ2n) is 5.26. The van der Waals surface area contributed by atoms with Crippen molar-refractivity contribution in [2.45, 2.75) is 19.8 Å². The maximum atomic E-state index is 12.1. The van der Waals surface area contributed by atoms with Crippen molar-refractivity contribution in [1.29, 1.82) is 0 Å². The smallest absolute Gasteiger partial charge is 0.227 e. The van der Waals surface area contributed by atoms with Gasteiger partial charge in [-0.2, -0.15) is 4.98 Å². The first-order chi connectivity index (χ1) is 11.6. The highest BCUT2D eigenvalue weighted by atomic mass is 35.5. The first-order valence-electron chi connectivity index (χ1n) is 7.41. The summed E-state index contributed by atoms with van der Waals surface area (Å²) < 4.78 is 5.17. The molecule has 1 amide bonds. The van der Waals surface area contributed by atoms with Crippen molar-refractivity contribution in [2.24, 2.45) is 0 Å². The topological polar surface area (TPSA) is 80.9 Å². The summed E-state index contributed by atoms with van der Waals surface area (Å²) in [5.41, 5.74) is 2.42. The van der Waals surface area contributed by atoms with Crippen molar-refractivity contribution in [3.63, 3.8) is 0 Å². The van der Waals surface area contributed by atoms with Crippen molar-refractivity contribution in [3.05, 3.63) is 59.2 Å². The van der Waals surface area contributed by atoms with E-state index >= 15 is 0 Å². The molecule has 0 saturated heterocycles. The molecule has 2 heterocycles. The zero-order chi connectivity index (χ0) is 16.9. The van der Waals surface area contributed by atoms with Crippen LogP contribution in [-0.2, 0) is 11.2 Å². The van der Waals surface area contributed by atoms with Crippen molar-refractivity contribution in [3.8, 4) is 11.4 Å². The lowest BCUT2D eigenvalue weighted by Crippen LogP contribution is -2.13. The van der Waals surface area contributed by atoms with E-state index < -0.39 is 0 Å². The molecule has 0 aliphatic carbocycles. The molecule has 0 aliphatic heterocycles. The van der Waals surface area contributed by atoms with Gasteiger partial charge in [-0.1, -0.05) is 16.8 Å². The third kappa shape index (κ3) is 3.97. The number of nitrogens with zero attached hydrogens (tertiary/aromatic N) is 3. The molecule has 3 aromatic rings. The SMILES string of the molecule is Cc1cc(Cl)ccc1NC(=O)CCc1nc(-c2cccnc2)no1. The van der Waals surface area contributed by atoms with Gasteiger partial charge in [-0.3, -0.25) is 9.78 Å². The fourth-order valence-corrected chi connectivity index (χ4v) is 2.40. The fourth-order valence-electron chi connectivity index (χ4n) is 2.17. The van der Waals surface area contributed by atoms with Crippen LogP contribution in [0.15, 0.2) is 47.2 Å². The van der Waals surface area contributed by atoms with Gasteiger partial charge in [0.25, 0.3) is 0 Å². The number of aryl methyl sites for hydroxylation is 2. The first kappa shape index (κ1) is 16.1. The highest BCUT2D eigenvalue weighted by Crippen LogP contribution is 2.20. The lowest BCUT2D eigenvalue weighted by Gasteiger charge is -2.07. The molecule has 0 fully saturated rings. The van der Waals surface area contributed by atoms with E-state index in [0.717, 1.165) is 16.8 Å². The molecule has 24 heavy (non-hydrogen) atoms. The Hall–Kier alpha value is -2.73. The van der Waals surface area contributed by atoms with Crippen molar-refractivity contribution in [1.82, 2.24) is 15.1 Å². The van der Waals surface area contributed by atoms with Crippen LogP contribution in [0.4, 0.5) is 5.69 Å². The predicted molar refractivity (Wildman–Crippen MR) is 90.7 cm³/mol. The molecule has 0 bridgehead atoms. The fraction of sp³-hybridized carbons (Fsp3) is 0.176. The minimum Gasteiger partial charge on any atom is -0.339 e. The number of hydrogen-bond acceptors (Lipinski definition) is 5. The minimum absolute atomic E-state index is 0.124. The Morgan fingerprint density at radius 2 is 2.21 bits per heavy atom. The van der Waals surface area contributed by atoms with Gasteiger partial charge in [0.05, 0.1) is 0 Å². The number of nitrogens with one attached hydrogen (secondary N) is 1. The van der Waals surface area contributed by atoms with Crippen LogP contribution in [0.1, 0.15) is 17.9 Å². The third-order valence-electron chi connectivity index (χ3n) is 3.42. The zero-order valence-corrected chi connectivity index (χ0v) is 13.7. The second kappa shape index (κ2) is 7.23. The first-order valence-corrected chi connectivity index (χ1v) is 7.78. The maximum Gasteiger partial charge on any atom is 0.227 e. The van der Waals surface area contributed by atoms with Crippen LogP contribution in [-0.4, -0.2) is 21.0 Å². The van der Waals surface area contributed by atoms with Crippen molar-refractivity contribution in [2.75, 3.05) is 5.32 Å². The highest BCUT2D eigenvalue weighted by Gasteiger charge is 2.11. The quantitative estimate of drug-likeness (QED) is 0.765. The molecule has 0 radical (unpaired) electrons. The largest absolute Gasteiger partial charge is 0.339 e. The number of amides is 1. The molecule has 0 unspecified atom stereocenters. The van der Waals surface area contributed by atoms with E-state index in [1.165, 1.54) is 0 Å². The Balaban J connectivity index is 1.58.